The maximum absolute atomic E-state index is 5.52. The van der Waals surface area contributed by atoms with Crippen molar-refractivity contribution in [2.24, 2.45) is 0 Å². The van der Waals surface area contributed by atoms with E-state index in [-0.39, 0.29) is 0 Å². The molecule has 0 fully saturated rings. The van der Waals surface area contributed by atoms with Gasteiger partial charge < -0.3 is 10.1 Å². The molecule has 2 aromatic rings. The number of hydrogen-bond donors (Lipinski definition) is 1. The average molecular weight is 270 g/mol. The van der Waals surface area contributed by atoms with Crippen LogP contribution >= 0.6 is 0 Å². The Kier molecular flexibility index (Phi) is 4.74. The normalized spacial score (nSPS) is 10.8. The minimum atomic E-state index is 0.433. The van der Waals surface area contributed by atoms with Crippen molar-refractivity contribution < 1.29 is 4.74 Å². The van der Waals surface area contributed by atoms with Gasteiger partial charge in [0.2, 0.25) is 0 Å². The first-order chi connectivity index (χ1) is 9.63. The highest BCUT2D eigenvalue weighted by Crippen LogP contribution is 2.31. The molecule has 0 amide bonds. The van der Waals surface area contributed by atoms with Crippen molar-refractivity contribution in [2.45, 2.75) is 33.4 Å². The highest BCUT2D eigenvalue weighted by molar-refractivity contribution is 5.71. The fourth-order valence-corrected chi connectivity index (χ4v) is 2.27. The third kappa shape index (κ3) is 3.17. The van der Waals surface area contributed by atoms with Crippen LogP contribution in [-0.4, -0.2) is 18.1 Å². The van der Waals surface area contributed by atoms with Gasteiger partial charge in [0.25, 0.3) is 0 Å². The van der Waals surface area contributed by atoms with Crippen molar-refractivity contribution in [1.82, 2.24) is 10.3 Å². The summed E-state index contributed by atoms with van der Waals surface area (Å²) in [7, 11) is 1.72. The smallest absolute Gasteiger partial charge is 0.123 e. The lowest BCUT2D eigenvalue weighted by atomic mass is 9.97. The fourth-order valence-electron chi connectivity index (χ4n) is 2.27. The minimum absolute atomic E-state index is 0.433. The molecule has 0 bridgehead atoms. The van der Waals surface area contributed by atoms with Gasteiger partial charge in [-0.3, -0.25) is 4.98 Å². The second-order valence-electron chi connectivity index (χ2n) is 5.16. The quantitative estimate of drug-likeness (QED) is 0.902. The van der Waals surface area contributed by atoms with Crippen LogP contribution in [0.5, 0.6) is 5.75 Å². The number of aryl methyl sites for hydroxylation is 1. The van der Waals surface area contributed by atoms with Crippen LogP contribution < -0.4 is 10.1 Å². The zero-order valence-corrected chi connectivity index (χ0v) is 12.6. The monoisotopic (exact) mass is 270 g/mol. The van der Waals surface area contributed by atoms with Crippen molar-refractivity contribution >= 4 is 0 Å². The highest BCUT2D eigenvalue weighted by Gasteiger charge is 2.12. The Labute approximate surface area is 121 Å². The summed E-state index contributed by atoms with van der Waals surface area (Å²) in [5.41, 5.74) is 4.56. The molecule has 1 heterocycles. The van der Waals surface area contributed by atoms with Crippen LogP contribution in [-0.2, 0) is 6.54 Å². The molecule has 1 aromatic carbocycles. The van der Waals surface area contributed by atoms with E-state index in [1.54, 1.807) is 7.11 Å². The van der Waals surface area contributed by atoms with E-state index in [1.165, 1.54) is 11.1 Å². The minimum Gasteiger partial charge on any atom is -0.496 e. The Balaban J connectivity index is 2.49. The van der Waals surface area contributed by atoms with Crippen molar-refractivity contribution in [1.29, 1.82) is 0 Å². The first-order valence-electron chi connectivity index (χ1n) is 6.94. The molecule has 0 spiro atoms. The number of rotatable bonds is 5. The number of nitrogens with zero attached hydrogens (tertiary/aromatic N) is 1. The lowest BCUT2D eigenvalue weighted by molar-refractivity contribution is 0.407. The maximum atomic E-state index is 5.52. The van der Waals surface area contributed by atoms with E-state index in [0.29, 0.717) is 6.04 Å². The Morgan fingerprint density at radius 2 is 1.90 bits per heavy atom. The van der Waals surface area contributed by atoms with Crippen LogP contribution in [0.3, 0.4) is 0 Å². The standard InChI is InChI=1S/C17H22N2O/c1-12(2)19-11-16-15(7-5-9-17(16)20-4)14-8-6-10-18-13(14)3/h5-10,12,19H,11H2,1-4H3. The molecule has 0 aliphatic rings. The number of methoxy groups -OCH3 is 1. The van der Waals surface area contributed by atoms with Gasteiger partial charge in [-0.1, -0.05) is 32.0 Å². The van der Waals surface area contributed by atoms with Crippen LogP contribution in [0.4, 0.5) is 0 Å². The second kappa shape index (κ2) is 6.53. The molecule has 2 rings (SSSR count). The molecule has 0 atom stereocenters. The van der Waals surface area contributed by atoms with Gasteiger partial charge in [0.1, 0.15) is 5.75 Å². The Hall–Kier alpha value is -1.87. The topological polar surface area (TPSA) is 34.1 Å². The summed E-state index contributed by atoms with van der Waals surface area (Å²) in [6.07, 6.45) is 1.82. The largest absolute Gasteiger partial charge is 0.496 e. The molecule has 20 heavy (non-hydrogen) atoms. The summed E-state index contributed by atoms with van der Waals surface area (Å²) < 4.78 is 5.52. The number of nitrogens with one attached hydrogen (secondary N) is 1. The molecule has 3 nitrogen and oxygen atoms in total. The van der Waals surface area contributed by atoms with E-state index < -0.39 is 0 Å². The van der Waals surface area contributed by atoms with Gasteiger partial charge in [-0.15, -0.1) is 0 Å². The van der Waals surface area contributed by atoms with Gasteiger partial charge in [0.05, 0.1) is 7.11 Å². The predicted molar refractivity (Wildman–Crippen MR) is 82.9 cm³/mol. The van der Waals surface area contributed by atoms with Crippen molar-refractivity contribution in [3.8, 4) is 16.9 Å². The molecule has 0 saturated heterocycles. The molecule has 1 aromatic heterocycles. The molecule has 0 saturated carbocycles. The van der Waals surface area contributed by atoms with Crippen LogP contribution in [0.25, 0.3) is 11.1 Å². The first kappa shape index (κ1) is 14.5. The Morgan fingerprint density at radius 3 is 2.55 bits per heavy atom. The van der Waals surface area contributed by atoms with Crippen molar-refractivity contribution in [3.63, 3.8) is 0 Å². The van der Waals surface area contributed by atoms with E-state index in [0.717, 1.165) is 23.6 Å². The molecule has 0 unspecified atom stereocenters. The first-order valence-corrected chi connectivity index (χ1v) is 6.94. The van der Waals surface area contributed by atoms with Gasteiger partial charge >= 0.3 is 0 Å². The Morgan fingerprint density at radius 1 is 1.15 bits per heavy atom. The number of ether oxygens (including phenoxy) is 1. The van der Waals surface area contributed by atoms with Gasteiger partial charge in [0, 0.05) is 35.6 Å². The van der Waals surface area contributed by atoms with E-state index in [4.69, 9.17) is 4.74 Å². The third-order valence-corrected chi connectivity index (χ3v) is 3.34. The summed E-state index contributed by atoms with van der Waals surface area (Å²) >= 11 is 0. The molecule has 0 aliphatic heterocycles. The summed E-state index contributed by atoms with van der Waals surface area (Å²) in [6.45, 7) is 7.11. The fraction of sp³-hybridized carbons (Fsp3) is 0.353. The highest BCUT2D eigenvalue weighted by atomic mass is 16.5. The van der Waals surface area contributed by atoms with Crippen molar-refractivity contribution in [2.75, 3.05) is 7.11 Å². The van der Waals surface area contributed by atoms with E-state index in [9.17, 15) is 0 Å². The third-order valence-electron chi connectivity index (χ3n) is 3.34. The lowest BCUT2D eigenvalue weighted by Gasteiger charge is -2.17. The van der Waals surface area contributed by atoms with Crippen molar-refractivity contribution in [3.05, 3.63) is 47.8 Å². The maximum Gasteiger partial charge on any atom is 0.123 e. The van der Waals surface area contributed by atoms with Gasteiger partial charge in [0.15, 0.2) is 0 Å². The lowest BCUT2D eigenvalue weighted by Crippen LogP contribution is -2.22. The molecule has 0 radical (unpaired) electrons. The number of pyridine rings is 1. The van der Waals surface area contributed by atoms with Gasteiger partial charge in [-0.2, -0.15) is 0 Å². The van der Waals surface area contributed by atoms with E-state index in [2.05, 4.69) is 36.3 Å². The van der Waals surface area contributed by atoms with E-state index in [1.807, 2.05) is 31.3 Å². The number of benzene rings is 1. The summed E-state index contributed by atoms with van der Waals surface area (Å²) in [6, 6.07) is 10.7. The van der Waals surface area contributed by atoms with Gasteiger partial charge in [-0.25, -0.2) is 0 Å². The number of aromatic nitrogens is 1. The molecular weight excluding hydrogens is 248 g/mol. The summed E-state index contributed by atoms with van der Waals surface area (Å²) in [5, 5.41) is 3.47. The summed E-state index contributed by atoms with van der Waals surface area (Å²) in [5.74, 6) is 0.916. The predicted octanol–water partition coefficient (Wildman–Crippen LogP) is 3.56. The SMILES string of the molecule is COc1cccc(-c2cccnc2C)c1CNC(C)C. The number of hydrogen-bond acceptors (Lipinski definition) is 3. The second-order valence-corrected chi connectivity index (χ2v) is 5.16. The Bertz CT molecular complexity index is 579. The van der Waals surface area contributed by atoms with Crippen LogP contribution in [0, 0.1) is 6.92 Å². The molecule has 0 aliphatic carbocycles. The molecule has 106 valence electrons. The molecular formula is C17H22N2O. The molecule has 3 heteroatoms. The zero-order chi connectivity index (χ0) is 14.5. The average Bonchev–Trinajstić information content (AvgIpc) is 2.45. The van der Waals surface area contributed by atoms with Gasteiger partial charge in [-0.05, 0) is 24.6 Å². The zero-order valence-electron chi connectivity index (χ0n) is 12.6. The van der Waals surface area contributed by atoms with Crippen LogP contribution in [0.15, 0.2) is 36.5 Å². The van der Waals surface area contributed by atoms with E-state index >= 15 is 0 Å². The molecule has 1 N–H and O–H groups in total. The van der Waals surface area contributed by atoms with Crippen LogP contribution in [0.2, 0.25) is 0 Å². The summed E-state index contributed by atoms with van der Waals surface area (Å²) in [4.78, 5) is 4.39. The van der Waals surface area contributed by atoms with Crippen LogP contribution in [0.1, 0.15) is 25.1 Å².